The van der Waals surface area contributed by atoms with E-state index in [2.05, 4.69) is 10.3 Å². The van der Waals surface area contributed by atoms with Crippen LogP contribution in [0.4, 0.5) is 0 Å². The average Bonchev–Trinajstić information content (AvgIpc) is 2.43. The number of carbonyl (C=O) groups is 2. The summed E-state index contributed by atoms with van der Waals surface area (Å²) in [4.78, 5) is 29.6. The molecule has 1 aromatic heterocycles. The number of pyridine rings is 1. The molecule has 0 atom stereocenters. The number of hydrogen-bond donors (Lipinski definition) is 1. The standard InChI is InChI=1S/C14H21N3O3/c1-5-17(9-12(18)16-10(2)3)14(19)11-7-6-8-15-13(11)20-4/h6-8,10H,5,9H2,1-4H3,(H,16,18). The Balaban J connectivity index is 2.84. The van der Waals surface area contributed by atoms with Crippen LogP contribution in [0.15, 0.2) is 18.3 Å². The Labute approximate surface area is 119 Å². The molecule has 0 saturated carbocycles. The van der Waals surface area contributed by atoms with E-state index in [1.54, 1.807) is 18.3 Å². The van der Waals surface area contributed by atoms with Crippen LogP contribution < -0.4 is 10.1 Å². The summed E-state index contributed by atoms with van der Waals surface area (Å²) in [5, 5.41) is 2.76. The fourth-order valence-corrected chi connectivity index (χ4v) is 1.75. The molecule has 0 aromatic carbocycles. The average molecular weight is 279 g/mol. The molecular formula is C14H21N3O3. The van der Waals surface area contributed by atoms with Gasteiger partial charge in [0, 0.05) is 18.8 Å². The minimum atomic E-state index is -0.267. The van der Waals surface area contributed by atoms with Gasteiger partial charge >= 0.3 is 0 Å². The summed E-state index contributed by atoms with van der Waals surface area (Å²) in [6.45, 7) is 6.03. The molecule has 0 radical (unpaired) electrons. The quantitative estimate of drug-likeness (QED) is 0.845. The summed E-state index contributed by atoms with van der Waals surface area (Å²) < 4.78 is 5.07. The zero-order chi connectivity index (χ0) is 15.1. The monoisotopic (exact) mass is 279 g/mol. The lowest BCUT2D eigenvalue weighted by molar-refractivity contribution is -0.122. The van der Waals surface area contributed by atoms with Crippen molar-refractivity contribution in [2.45, 2.75) is 26.8 Å². The Bertz CT molecular complexity index is 474. The van der Waals surface area contributed by atoms with Crippen molar-refractivity contribution in [2.24, 2.45) is 0 Å². The SMILES string of the molecule is CCN(CC(=O)NC(C)C)C(=O)c1cccnc1OC. The zero-order valence-corrected chi connectivity index (χ0v) is 12.3. The van der Waals surface area contributed by atoms with Gasteiger partial charge in [-0.1, -0.05) is 0 Å². The lowest BCUT2D eigenvalue weighted by Gasteiger charge is -2.21. The van der Waals surface area contributed by atoms with Crippen LogP contribution in [-0.4, -0.2) is 47.9 Å². The van der Waals surface area contributed by atoms with E-state index in [4.69, 9.17) is 4.74 Å². The fourth-order valence-electron chi connectivity index (χ4n) is 1.75. The smallest absolute Gasteiger partial charge is 0.259 e. The predicted molar refractivity (Wildman–Crippen MR) is 75.6 cm³/mol. The van der Waals surface area contributed by atoms with E-state index in [9.17, 15) is 9.59 Å². The second kappa shape index (κ2) is 7.47. The number of amides is 2. The van der Waals surface area contributed by atoms with Crippen molar-refractivity contribution < 1.29 is 14.3 Å². The van der Waals surface area contributed by atoms with Crippen LogP contribution in [0.5, 0.6) is 5.88 Å². The normalized spacial score (nSPS) is 10.2. The molecule has 0 spiro atoms. The third-order valence-electron chi connectivity index (χ3n) is 2.65. The number of methoxy groups -OCH3 is 1. The highest BCUT2D eigenvalue weighted by atomic mass is 16.5. The summed E-state index contributed by atoms with van der Waals surface area (Å²) >= 11 is 0. The zero-order valence-electron chi connectivity index (χ0n) is 12.3. The lowest BCUT2D eigenvalue weighted by atomic mass is 10.2. The highest BCUT2D eigenvalue weighted by Gasteiger charge is 2.21. The number of rotatable bonds is 6. The highest BCUT2D eigenvalue weighted by Crippen LogP contribution is 2.15. The topological polar surface area (TPSA) is 71.5 Å². The van der Waals surface area contributed by atoms with Crippen LogP contribution in [0.3, 0.4) is 0 Å². The molecule has 0 fully saturated rings. The maximum absolute atomic E-state index is 12.4. The Kier molecular flexibility index (Phi) is 5.96. The summed E-state index contributed by atoms with van der Waals surface area (Å²) in [7, 11) is 1.46. The van der Waals surface area contributed by atoms with E-state index in [0.717, 1.165) is 0 Å². The molecule has 1 heterocycles. The number of hydrogen-bond acceptors (Lipinski definition) is 4. The van der Waals surface area contributed by atoms with Gasteiger partial charge in [-0.05, 0) is 32.9 Å². The minimum Gasteiger partial charge on any atom is -0.480 e. The molecule has 6 heteroatoms. The van der Waals surface area contributed by atoms with E-state index in [1.165, 1.54) is 12.0 Å². The molecule has 0 bridgehead atoms. The molecule has 0 aliphatic heterocycles. The number of nitrogens with one attached hydrogen (secondary N) is 1. The van der Waals surface area contributed by atoms with Crippen LogP contribution in [0.2, 0.25) is 0 Å². The van der Waals surface area contributed by atoms with E-state index in [0.29, 0.717) is 12.1 Å². The Hall–Kier alpha value is -2.11. The molecule has 0 saturated heterocycles. The predicted octanol–water partition coefficient (Wildman–Crippen LogP) is 1.08. The van der Waals surface area contributed by atoms with Crippen LogP contribution in [0.1, 0.15) is 31.1 Å². The first kappa shape index (κ1) is 15.9. The Morgan fingerprint density at radius 2 is 2.15 bits per heavy atom. The van der Waals surface area contributed by atoms with Crippen molar-refractivity contribution in [1.82, 2.24) is 15.2 Å². The van der Waals surface area contributed by atoms with Crippen LogP contribution in [-0.2, 0) is 4.79 Å². The maximum atomic E-state index is 12.4. The third-order valence-corrected chi connectivity index (χ3v) is 2.65. The van der Waals surface area contributed by atoms with Gasteiger partial charge in [-0.25, -0.2) is 4.98 Å². The van der Waals surface area contributed by atoms with E-state index < -0.39 is 0 Å². The van der Waals surface area contributed by atoms with E-state index >= 15 is 0 Å². The highest BCUT2D eigenvalue weighted by molar-refractivity contribution is 5.98. The van der Waals surface area contributed by atoms with Gasteiger partial charge in [0.05, 0.1) is 13.7 Å². The molecule has 0 aliphatic carbocycles. The first-order chi connectivity index (χ1) is 9.49. The summed E-state index contributed by atoms with van der Waals surface area (Å²) in [5.74, 6) is -0.186. The van der Waals surface area contributed by atoms with Gasteiger partial charge < -0.3 is 15.0 Å². The Morgan fingerprint density at radius 1 is 1.45 bits per heavy atom. The molecular weight excluding hydrogens is 258 g/mol. The van der Waals surface area contributed by atoms with Crippen molar-refractivity contribution in [3.8, 4) is 5.88 Å². The molecule has 2 amide bonds. The third kappa shape index (κ3) is 4.22. The molecule has 0 unspecified atom stereocenters. The van der Waals surface area contributed by atoms with Gasteiger partial charge in [0.15, 0.2) is 0 Å². The fraction of sp³-hybridized carbons (Fsp3) is 0.500. The number of ether oxygens (including phenoxy) is 1. The number of likely N-dealkylation sites (N-methyl/N-ethyl adjacent to an activating group) is 1. The van der Waals surface area contributed by atoms with Crippen LogP contribution in [0.25, 0.3) is 0 Å². The van der Waals surface area contributed by atoms with Crippen molar-refractivity contribution in [3.05, 3.63) is 23.9 Å². The van der Waals surface area contributed by atoms with Crippen LogP contribution in [0, 0.1) is 0 Å². The number of carbonyl (C=O) groups excluding carboxylic acids is 2. The van der Waals surface area contributed by atoms with Gasteiger partial charge in [0.1, 0.15) is 5.56 Å². The minimum absolute atomic E-state index is 0.0194. The van der Waals surface area contributed by atoms with Crippen molar-refractivity contribution in [2.75, 3.05) is 20.2 Å². The van der Waals surface area contributed by atoms with Crippen LogP contribution >= 0.6 is 0 Å². The lowest BCUT2D eigenvalue weighted by Crippen LogP contribution is -2.42. The van der Waals surface area contributed by atoms with Gasteiger partial charge in [-0.3, -0.25) is 9.59 Å². The molecule has 1 rings (SSSR count). The van der Waals surface area contributed by atoms with E-state index in [-0.39, 0.29) is 30.3 Å². The van der Waals surface area contributed by atoms with Crippen molar-refractivity contribution >= 4 is 11.8 Å². The summed E-state index contributed by atoms with van der Waals surface area (Å²) in [5.41, 5.74) is 0.356. The molecule has 0 aliphatic rings. The largest absolute Gasteiger partial charge is 0.480 e. The number of aromatic nitrogens is 1. The summed E-state index contributed by atoms with van der Waals surface area (Å²) in [6, 6.07) is 3.35. The van der Waals surface area contributed by atoms with Gasteiger partial charge in [0.2, 0.25) is 11.8 Å². The van der Waals surface area contributed by atoms with Crippen molar-refractivity contribution in [1.29, 1.82) is 0 Å². The van der Waals surface area contributed by atoms with E-state index in [1.807, 2.05) is 20.8 Å². The molecule has 110 valence electrons. The van der Waals surface area contributed by atoms with Gasteiger partial charge in [-0.2, -0.15) is 0 Å². The first-order valence-corrected chi connectivity index (χ1v) is 6.57. The Morgan fingerprint density at radius 3 is 2.70 bits per heavy atom. The molecule has 1 N–H and O–H groups in total. The second-order valence-electron chi connectivity index (χ2n) is 4.60. The molecule has 1 aromatic rings. The van der Waals surface area contributed by atoms with Crippen molar-refractivity contribution in [3.63, 3.8) is 0 Å². The number of nitrogens with zero attached hydrogens (tertiary/aromatic N) is 2. The maximum Gasteiger partial charge on any atom is 0.259 e. The first-order valence-electron chi connectivity index (χ1n) is 6.57. The molecule has 20 heavy (non-hydrogen) atoms. The second-order valence-corrected chi connectivity index (χ2v) is 4.60. The molecule has 6 nitrogen and oxygen atoms in total. The summed E-state index contributed by atoms with van der Waals surface area (Å²) in [6.07, 6.45) is 1.55. The van der Waals surface area contributed by atoms with Gasteiger partial charge in [-0.15, -0.1) is 0 Å². The van der Waals surface area contributed by atoms with Gasteiger partial charge in [0.25, 0.3) is 5.91 Å².